The van der Waals surface area contributed by atoms with Gasteiger partial charge in [-0.1, -0.05) is 18.2 Å². The van der Waals surface area contributed by atoms with Crippen LogP contribution in [-0.2, 0) is 4.74 Å². The molecule has 0 bridgehead atoms. The van der Waals surface area contributed by atoms with Crippen molar-refractivity contribution < 1.29 is 9.53 Å². The summed E-state index contributed by atoms with van der Waals surface area (Å²) in [4.78, 5) is 21.0. The molecule has 2 fully saturated rings. The third-order valence-corrected chi connectivity index (χ3v) is 5.60. The maximum atomic E-state index is 12.4. The van der Waals surface area contributed by atoms with Crippen LogP contribution < -0.4 is 15.5 Å². The average Bonchev–Trinajstić information content (AvgIpc) is 3.19. The van der Waals surface area contributed by atoms with Gasteiger partial charge in [0, 0.05) is 51.5 Å². The number of ether oxygens (including phenoxy) is 1. The van der Waals surface area contributed by atoms with Gasteiger partial charge in [-0.05, 0) is 58.1 Å². The van der Waals surface area contributed by atoms with Gasteiger partial charge in [-0.3, -0.25) is 4.99 Å². The predicted molar refractivity (Wildman–Crippen MR) is 122 cm³/mol. The minimum Gasteiger partial charge on any atom is -0.444 e. The molecule has 0 radical (unpaired) electrons. The van der Waals surface area contributed by atoms with Crippen LogP contribution >= 0.6 is 0 Å². The van der Waals surface area contributed by atoms with E-state index in [-0.39, 0.29) is 6.09 Å². The number of carbonyl (C=O) groups is 1. The Kier molecular flexibility index (Phi) is 7.45. The van der Waals surface area contributed by atoms with Gasteiger partial charge in [0.1, 0.15) is 5.60 Å². The average molecular weight is 416 g/mol. The van der Waals surface area contributed by atoms with Crippen molar-refractivity contribution in [1.29, 1.82) is 0 Å². The molecule has 0 aliphatic carbocycles. The lowest BCUT2D eigenvalue weighted by molar-refractivity contribution is 0.0168. The van der Waals surface area contributed by atoms with Crippen molar-refractivity contribution >= 4 is 17.7 Å². The Labute approximate surface area is 180 Å². The SMILES string of the molecule is CN=C(NCC1CCCN(C(=O)OC(C)(C)C)C1)NC1CCN(c2ccccc2)C1. The van der Waals surface area contributed by atoms with Crippen molar-refractivity contribution in [3.8, 4) is 0 Å². The Morgan fingerprint density at radius 3 is 2.63 bits per heavy atom. The summed E-state index contributed by atoms with van der Waals surface area (Å²) in [5.74, 6) is 1.23. The highest BCUT2D eigenvalue weighted by Crippen LogP contribution is 2.20. The molecule has 1 aromatic rings. The number of nitrogens with zero attached hydrogens (tertiary/aromatic N) is 3. The number of anilines is 1. The molecule has 1 amide bonds. The molecule has 2 unspecified atom stereocenters. The van der Waals surface area contributed by atoms with Crippen molar-refractivity contribution in [2.75, 3.05) is 44.7 Å². The van der Waals surface area contributed by atoms with Gasteiger partial charge in [0.05, 0.1) is 0 Å². The summed E-state index contributed by atoms with van der Waals surface area (Å²) in [6.07, 6.45) is 2.99. The smallest absolute Gasteiger partial charge is 0.410 e. The molecule has 166 valence electrons. The van der Waals surface area contributed by atoms with Gasteiger partial charge < -0.3 is 25.2 Å². The summed E-state index contributed by atoms with van der Waals surface area (Å²) >= 11 is 0. The van der Waals surface area contributed by atoms with Gasteiger partial charge in [0.2, 0.25) is 0 Å². The number of hydrogen-bond acceptors (Lipinski definition) is 4. The number of hydrogen-bond donors (Lipinski definition) is 2. The van der Waals surface area contributed by atoms with Crippen molar-refractivity contribution in [3.63, 3.8) is 0 Å². The molecule has 3 rings (SSSR count). The molecule has 0 saturated carbocycles. The summed E-state index contributed by atoms with van der Waals surface area (Å²) in [6.45, 7) is 10.0. The zero-order valence-electron chi connectivity index (χ0n) is 18.9. The summed E-state index contributed by atoms with van der Waals surface area (Å²) in [6, 6.07) is 10.9. The van der Waals surface area contributed by atoms with Gasteiger partial charge in [-0.25, -0.2) is 4.79 Å². The third-order valence-electron chi connectivity index (χ3n) is 5.60. The Morgan fingerprint density at radius 2 is 1.93 bits per heavy atom. The number of likely N-dealkylation sites (tertiary alicyclic amines) is 1. The van der Waals surface area contributed by atoms with E-state index in [9.17, 15) is 4.79 Å². The van der Waals surface area contributed by atoms with Crippen LogP contribution in [-0.4, -0.2) is 68.4 Å². The highest BCUT2D eigenvalue weighted by atomic mass is 16.6. The van der Waals surface area contributed by atoms with E-state index in [0.717, 1.165) is 57.9 Å². The number of nitrogens with one attached hydrogen (secondary N) is 2. The van der Waals surface area contributed by atoms with Crippen molar-refractivity contribution in [3.05, 3.63) is 30.3 Å². The zero-order valence-corrected chi connectivity index (χ0v) is 18.9. The molecule has 7 nitrogen and oxygen atoms in total. The topological polar surface area (TPSA) is 69.2 Å². The van der Waals surface area contributed by atoms with Crippen LogP contribution in [0.1, 0.15) is 40.0 Å². The van der Waals surface area contributed by atoms with Crippen LogP contribution in [0.2, 0.25) is 0 Å². The van der Waals surface area contributed by atoms with Crippen LogP contribution in [0.15, 0.2) is 35.3 Å². The van der Waals surface area contributed by atoms with Gasteiger partial charge in [-0.2, -0.15) is 0 Å². The Balaban J connectivity index is 1.43. The third kappa shape index (κ3) is 6.54. The van der Waals surface area contributed by atoms with Crippen molar-refractivity contribution in [2.45, 2.75) is 51.7 Å². The number of piperidine rings is 1. The highest BCUT2D eigenvalue weighted by Gasteiger charge is 2.28. The van der Waals surface area contributed by atoms with E-state index < -0.39 is 5.60 Å². The normalized spacial score (nSPS) is 22.7. The molecule has 2 atom stereocenters. The molecular weight excluding hydrogens is 378 g/mol. The molecule has 2 saturated heterocycles. The first-order valence-electron chi connectivity index (χ1n) is 11.1. The van der Waals surface area contributed by atoms with E-state index in [0.29, 0.717) is 12.0 Å². The second-order valence-corrected chi connectivity index (χ2v) is 9.30. The quantitative estimate of drug-likeness (QED) is 0.584. The van der Waals surface area contributed by atoms with Gasteiger partial charge in [0.25, 0.3) is 0 Å². The number of rotatable bonds is 4. The predicted octanol–water partition coefficient (Wildman–Crippen LogP) is 3.08. The van der Waals surface area contributed by atoms with E-state index in [2.05, 4.69) is 50.9 Å². The van der Waals surface area contributed by atoms with Gasteiger partial charge >= 0.3 is 6.09 Å². The lowest BCUT2D eigenvalue weighted by atomic mass is 9.98. The number of guanidine groups is 1. The molecule has 2 N–H and O–H groups in total. The maximum absolute atomic E-state index is 12.4. The summed E-state index contributed by atoms with van der Waals surface area (Å²) in [5.41, 5.74) is 0.817. The monoisotopic (exact) mass is 415 g/mol. The van der Waals surface area contributed by atoms with Gasteiger partial charge in [0.15, 0.2) is 5.96 Å². The first-order chi connectivity index (χ1) is 14.3. The van der Waals surface area contributed by atoms with Crippen LogP contribution in [0, 0.1) is 5.92 Å². The Hall–Kier alpha value is -2.44. The number of aliphatic imine (C=N–C) groups is 1. The molecule has 2 heterocycles. The number of amides is 1. The van der Waals surface area contributed by atoms with Crippen LogP contribution in [0.4, 0.5) is 10.5 Å². The molecule has 0 spiro atoms. The Bertz CT molecular complexity index is 716. The lowest BCUT2D eigenvalue weighted by Gasteiger charge is -2.34. The van der Waals surface area contributed by atoms with Crippen molar-refractivity contribution in [2.24, 2.45) is 10.9 Å². The van der Waals surface area contributed by atoms with E-state index in [4.69, 9.17) is 4.74 Å². The second kappa shape index (κ2) is 10.0. The van der Waals surface area contributed by atoms with Crippen molar-refractivity contribution in [1.82, 2.24) is 15.5 Å². The van der Waals surface area contributed by atoms with E-state index >= 15 is 0 Å². The fraction of sp³-hybridized carbons (Fsp3) is 0.652. The minimum absolute atomic E-state index is 0.207. The van der Waals surface area contributed by atoms with Gasteiger partial charge in [-0.15, -0.1) is 0 Å². The maximum Gasteiger partial charge on any atom is 0.410 e. The van der Waals surface area contributed by atoms with Crippen LogP contribution in [0.25, 0.3) is 0 Å². The van der Waals surface area contributed by atoms with Crippen LogP contribution in [0.5, 0.6) is 0 Å². The summed E-state index contributed by atoms with van der Waals surface area (Å²) < 4.78 is 5.53. The standard InChI is InChI=1S/C23H37N5O2/c1-23(2,3)30-22(29)28-13-8-9-18(16-28)15-25-21(24-4)26-19-12-14-27(17-19)20-10-6-5-7-11-20/h5-7,10-11,18-19H,8-9,12-17H2,1-4H3,(H2,24,25,26). The lowest BCUT2D eigenvalue weighted by Crippen LogP contribution is -2.49. The highest BCUT2D eigenvalue weighted by molar-refractivity contribution is 5.80. The van der Waals surface area contributed by atoms with Crippen LogP contribution in [0.3, 0.4) is 0 Å². The molecule has 2 aliphatic rings. The molecular formula is C23H37N5O2. The first kappa shape index (κ1) is 22.2. The molecule has 2 aliphatic heterocycles. The zero-order chi connectivity index (χ0) is 21.6. The molecule has 1 aromatic carbocycles. The first-order valence-corrected chi connectivity index (χ1v) is 11.1. The summed E-state index contributed by atoms with van der Waals surface area (Å²) in [7, 11) is 1.81. The fourth-order valence-corrected chi connectivity index (χ4v) is 4.10. The largest absolute Gasteiger partial charge is 0.444 e. The molecule has 30 heavy (non-hydrogen) atoms. The van der Waals surface area contributed by atoms with E-state index in [1.165, 1.54) is 5.69 Å². The summed E-state index contributed by atoms with van der Waals surface area (Å²) in [5, 5.41) is 7.03. The minimum atomic E-state index is -0.455. The second-order valence-electron chi connectivity index (χ2n) is 9.30. The Morgan fingerprint density at radius 1 is 1.17 bits per heavy atom. The number of benzene rings is 1. The molecule has 7 heteroatoms. The molecule has 0 aromatic heterocycles. The van der Waals surface area contributed by atoms with E-state index in [1.807, 2.05) is 32.7 Å². The number of carbonyl (C=O) groups excluding carboxylic acids is 1. The fourth-order valence-electron chi connectivity index (χ4n) is 4.10. The number of para-hydroxylation sites is 1. The van der Waals surface area contributed by atoms with E-state index in [1.54, 1.807) is 0 Å².